The van der Waals surface area contributed by atoms with E-state index >= 15 is 0 Å². The topological polar surface area (TPSA) is 94.8 Å². The van der Waals surface area contributed by atoms with E-state index in [-0.39, 0.29) is 11.2 Å². The van der Waals surface area contributed by atoms with Gasteiger partial charge in [0.05, 0.1) is 5.56 Å². The second-order valence-corrected chi connectivity index (χ2v) is 9.08. The summed E-state index contributed by atoms with van der Waals surface area (Å²) in [6.07, 6.45) is 1.09. The first-order valence-electron chi connectivity index (χ1n) is 10.4. The number of anilines is 1. The average Bonchev–Trinajstić information content (AvgIpc) is 2.72. The molecular weight excluding hydrogens is 390 g/mol. The van der Waals surface area contributed by atoms with Crippen molar-refractivity contribution in [2.24, 2.45) is 5.41 Å². The van der Waals surface area contributed by atoms with Crippen LogP contribution >= 0.6 is 0 Å². The van der Waals surface area contributed by atoms with Crippen molar-refractivity contribution in [1.82, 2.24) is 9.97 Å². The number of carbonyl (C=O) groups excluding carboxylic acids is 1. The molecule has 2 aromatic carbocycles. The zero-order chi connectivity index (χ0) is 21.8. The van der Waals surface area contributed by atoms with Crippen LogP contribution < -0.4 is 16.6 Å². The highest BCUT2D eigenvalue weighted by Gasteiger charge is 2.42. The van der Waals surface area contributed by atoms with Gasteiger partial charge in [-0.25, -0.2) is 4.79 Å². The molecule has 1 aromatic heterocycles. The van der Waals surface area contributed by atoms with Crippen LogP contribution in [0.5, 0.6) is 0 Å². The van der Waals surface area contributed by atoms with Crippen LogP contribution in [-0.2, 0) is 4.79 Å². The standard InChI is InChI=1S/C25H23N3O3/c1-25(2)12-17-20(18(29)13-25)19(21-22(26-17)27-24(31)28-23(21)30)16-10-8-15(9-11-16)14-6-4-3-5-7-14/h3-11,19H,12-13H2,1-2H3,(H3,26,27,28,30,31)/t19-/m0/s1. The van der Waals surface area contributed by atoms with Gasteiger partial charge in [-0.2, -0.15) is 0 Å². The number of aromatic nitrogens is 2. The molecule has 0 saturated carbocycles. The van der Waals surface area contributed by atoms with Crippen molar-refractivity contribution in [2.75, 3.05) is 5.32 Å². The van der Waals surface area contributed by atoms with E-state index in [0.717, 1.165) is 22.4 Å². The summed E-state index contributed by atoms with van der Waals surface area (Å²) >= 11 is 0. The molecule has 2 aliphatic rings. The summed E-state index contributed by atoms with van der Waals surface area (Å²) in [5.74, 6) is -0.123. The number of nitrogens with one attached hydrogen (secondary N) is 3. The number of benzene rings is 2. The van der Waals surface area contributed by atoms with Crippen LogP contribution in [0.4, 0.5) is 5.82 Å². The first-order valence-corrected chi connectivity index (χ1v) is 10.4. The van der Waals surface area contributed by atoms with Crippen molar-refractivity contribution < 1.29 is 4.79 Å². The maximum atomic E-state index is 13.2. The van der Waals surface area contributed by atoms with E-state index in [2.05, 4.69) is 29.1 Å². The Morgan fingerprint density at radius 2 is 1.52 bits per heavy atom. The van der Waals surface area contributed by atoms with Gasteiger partial charge in [-0.1, -0.05) is 68.4 Å². The van der Waals surface area contributed by atoms with Crippen molar-refractivity contribution >= 4 is 11.6 Å². The SMILES string of the molecule is CC1(C)CC(=O)C2=C(C1)Nc1[nH]c(=O)[nH]c(=O)c1[C@H]2c1ccc(-c2ccccc2)cc1. The molecule has 0 amide bonds. The summed E-state index contributed by atoms with van der Waals surface area (Å²) in [7, 11) is 0. The molecule has 6 nitrogen and oxygen atoms in total. The number of allylic oxidation sites excluding steroid dienone is 2. The third-order valence-corrected chi connectivity index (χ3v) is 6.10. The maximum absolute atomic E-state index is 13.2. The second kappa shape index (κ2) is 6.94. The van der Waals surface area contributed by atoms with E-state index < -0.39 is 17.2 Å². The quantitative estimate of drug-likeness (QED) is 0.593. The van der Waals surface area contributed by atoms with Crippen LogP contribution in [-0.4, -0.2) is 15.8 Å². The monoisotopic (exact) mass is 413 g/mol. The lowest BCUT2D eigenvalue weighted by Gasteiger charge is -2.38. The van der Waals surface area contributed by atoms with Crippen LogP contribution in [0, 0.1) is 5.41 Å². The summed E-state index contributed by atoms with van der Waals surface area (Å²) in [5, 5.41) is 3.19. The van der Waals surface area contributed by atoms with E-state index in [4.69, 9.17) is 0 Å². The van der Waals surface area contributed by atoms with E-state index in [1.165, 1.54) is 0 Å². The number of Topliss-reactive ketones (excluding diaryl/α,β-unsaturated/α-hetero) is 1. The summed E-state index contributed by atoms with van der Waals surface area (Å²) in [4.78, 5) is 43.0. The van der Waals surface area contributed by atoms with Crippen molar-refractivity contribution in [3.8, 4) is 11.1 Å². The molecule has 1 atom stereocenters. The molecule has 0 radical (unpaired) electrons. The molecule has 0 unspecified atom stereocenters. The largest absolute Gasteiger partial charge is 0.344 e. The number of carbonyl (C=O) groups is 1. The molecule has 0 saturated heterocycles. The zero-order valence-electron chi connectivity index (χ0n) is 17.4. The Hall–Kier alpha value is -3.67. The lowest BCUT2D eigenvalue weighted by Crippen LogP contribution is -2.38. The smallest absolute Gasteiger partial charge is 0.327 e. The van der Waals surface area contributed by atoms with E-state index in [9.17, 15) is 14.4 Å². The highest BCUT2D eigenvalue weighted by atomic mass is 16.2. The number of fused-ring (bicyclic) bond motifs is 1. The van der Waals surface area contributed by atoms with Gasteiger partial charge in [0.15, 0.2) is 5.78 Å². The number of hydrogen-bond donors (Lipinski definition) is 3. The number of H-pyrrole nitrogens is 2. The first kappa shape index (κ1) is 19.3. The minimum atomic E-state index is -0.570. The van der Waals surface area contributed by atoms with Gasteiger partial charge < -0.3 is 5.32 Å². The molecular formula is C25H23N3O3. The summed E-state index contributed by atoms with van der Waals surface area (Å²) < 4.78 is 0. The summed E-state index contributed by atoms with van der Waals surface area (Å²) in [5.41, 5.74) is 3.54. The molecule has 0 bridgehead atoms. The van der Waals surface area contributed by atoms with Gasteiger partial charge in [0.1, 0.15) is 5.82 Å². The number of rotatable bonds is 2. The van der Waals surface area contributed by atoms with Gasteiger partial charge in [0.25, 0.3) is 5.56 Å². The van der Waals surface area contributed by atoms with Crippen LogP contribution in [0.2, 0.25) is 0 Å². The van der Waals surface area contributed by atoms with Crippen LogP contribution in [0.15, 0.2) is 75.5 Å². The molecule has 2 heterocycles. The fraction of sp³-hybridized carbons (Fsp3) is 0.240. The highest BCUT2D eigenvalue weighted by molar-refractivity contribution is 6.01. The van der Waals surface area contributed by atoms with Crippen LogP contribution in [0.1, 0.15) is 43.7 Å². The molecule has 6 heteroatoms. The molecule has 0 spiro atoms. The van der Waals surface area contributed by atoms with Crippen molar-refractivity contribution in [3.63, 3.8) is 0 Å². The highest BCUT2D eigenvalue weighted by Crippen LogP contribution is 2.47. The Labute approximate surface area is 179 Å². The zero-order valence-corrected chi connectivity index (χ0v) is 17.4. The molecule has 5 rings (SSSR count). The molecule has 156 valence electrons. The van der Waals surface area contributed by atoms with Crippen LogP contribution in [0.25, 0.3) is 11.1 Å². The first-order chi connectivity index (χ1) is 14.8. The number of hydrogen-bond acceptors (Lipinski definition) is 4. The fourth-order valence-electron chi connectivity index (χ4n) is 4.78. The third kappa shape index (κ3) is 3.34. The Balaban J connectivity index is 1.68. The number of ketones is 1. The van der Waals surface area contributed by atoms with Crippen molar-refractivity contribution in [1.29, 1.82) is 0 Å². The minimum Gasteiger partial charge on any atom is -0.344 e. The van der Waals surface area contributed by atoms with E-state index in [0.29, 0.717) is 29.8 Å². The Kier molecular flexibility index (Phi) is 4.32. The fourth-order valence-corrected chi connectivity index (χ4v) is 4.78. The van der Waals surface area contributed by atoms with Gasteiger partial charge in [-0.05, 0) is 28.5 Å². The minimum absolute atomic E-state index is 0.0344. The van der Waals surface area contributed by atoms with Crippen LogP contribution in [0.3, 0.4) is 0 Å². The Morgan fingerprint density at radius 1 is 0.839 bits per heavy atom. The van der Waals surface area contributed by atoms with Gasteiger partial charge in [0.2, 0.25) is 0 Å². The molecule has 0 fully saturated rings. The molecule has 1 aliphatic carbocycles. The second-order valence-electron chi connectivity index (χ2n) is 9.08. The van der Waals surface area contributed by atoms with Gasteiger partial charge in [0, 0.05) is 23.6 Å². The summed E-state index contributed by atoms with van der Waals surface area (Å²) in [6, 6.07) is 18.0. The maximum Gasteiger partial charge on any atom is 0.327 e. The molecule has 31 heavy (non-hydrogen) atoms. The lowest BCUT2D eigenvalue weighted by molar-refractivity contribution is -0.118. The average molecular weight is 413 g/mol. The van der Waals surface area contributed by atoms with Crippen molar-refractivity contribution in [2.45, 2.75) is 32.6 Å². The molecule has 3 aromatic rings. The Bertz CT molecular complexity index is 1330. The van der Waals surface area contributed by atoms with Gasteiger partial charge in [-0.3, -0.25) is 19.6 Å². The van der Waals surface area contributed by atoms with Gasteiger partial charge in [-0.15, -0.1) is 0 Å². The van der Waals surface area contributed by atoms with E-state index in [1.807, 2.05) is 54.6 Å². The number of aromatic amines is 2. The Morgan fingerprint density at radius 3 is 2.23 bits per heavy atom. The molecule has 1 aliphatic heterocycles. The van der Waals surface area contributed by atoms with Gasteiger partial charge >= 0.3 is 5.69 Å². The van der Waals surface area contributed by atoms with Crippen molar-refractivity contribution in [3.05, 3.63) is 97.8 Å². The normalized spacial score (nSPS) is 19.4. The molecule has 3 N–H and O–H groups in total. The third-order valence-electron chi connectivity index (χ3n) is 6.10. The lowest BCUT2D eigenvalue weighted by atomic mass is 9.69. The summed E-state index contributed by atoms with van der Waals surface area (Å²) in [6.45, 7) is 4.10. The van der Waals surface area contributed by atoms with E-state index in [1.54, 1.807) is 0 Å². The predicted octanol–water partition coefficient (Wildman–Crippen LogP) is 3.93. The predicted molar refractivity (Wildman–Crippen MR) is 120 cm³/mol.